The van der Waals surface area contributed by atoms with Crippen molar-refractivity contribution in [2.75, 3.05) is 40.3 Å². The van der Waals surface area contributed by atoms with Gasteiger partial charge in [0.2, 0.25) is 12.2 Å². The Morgan fingerprint density at radius 3 is 2.46 bits per heavy atom. The van der Waals surface area contributed by atoms with Crippen LogP contribution in [0, 0.1) is 11.5 Å². The molecule has 5 nitrogen and oxygen atoms in total. The molecule has 1 saturated heterocycles. The van der Waals surface area contributed by atoms with Gasteiger partial charge < -0.3 is 15.1 Å². The fourth-order valence-electron chi connectivity index (χ4n) is 1.35. The first kappa shape index (κ1) is 9.81. The Morgan fingerprint density at radius 1 is 1.38 bits per heavy atom. The van der Waals surface area contributed by atoms with Crippen LogP contribution in [0.25, 0.3) is 0 Å². The Bertz CT molecular complexity index is 221. The summed E-state index contributed by atoms with van der Waals surface area (Å²) in [5.74, 6) is 0.676. The maximum atomic E-state index is 8.44. The molecular formula is C8H15N5. The molecule has 0 saturated carbocycles. The summed E-state index contributed by atoms with van der Waals surface area (Å²) < 4.78 is 0. The van der Waals surface area contributed by atoms with Gasteiger partial charge >= 0.3 is 0 Å². The fraction of sp³-hybridized carbons (Fsp3) is 0.750. The first-order valence-electron chi connectivity index (χ1n) is 4.36. The van der Waals surface area contributed by atoms with Crippen molar-refractivity contribution < 1.29 is 0 Å². The van der Waals surface area contributed by atoms with Gasteiger partial charge in [-0.05, 0) is 7.05 Å². The second-order valence-electron chi connectivity index (χ2n) is 3.08. The summed E-state index contributed by atoms with van der Waals surface area (Å²) in [4.78, 5) is 8.06. The first-order valence-corrected chi connectivity index (χ1v) is 4.36. The fourth-order valence-corrected chi connectivity index (χ4v) is 1.35. The lowest BCUT2D eigenvalue weighted by Gasteiger charge is -2.33. The lowest BCUT2D eigenvalue weighted by atomic mass is 10.3. The molecule has 0 spiro atoms. The second kappa shape index (κ2) is 4.67. The minimum atomic E-state index is 0.676. The molecular weight excluding hydrogens is 166 g/mol. The monoisotopic (exact) mass is 181 g/mol. The van der Waals surface area contributed by atoms with Crippen LogP contribution in [0.5, 0.6) is 0 Å². The summed E-state index contributed by atoms with van der Waals surface area (Å²) in [6.07, 6.45) is 1.80. The molecule has 0 radical (unpaired) electrons. The van der Waals surface area contributed by atoms with Gasteiger partial charge in [-0.25, -0.2) is 0 Å². The molecule has 0 aromatic heterocycles. The van der Waals surface area contributed by atoms with Crippen molar-refractivity contribution >= 4 is 5.96 Å². The van der Waals surface area contributed by atoms with Crippen LogP contribution in [0.3, 0.4) is 0 Å². The van der Waals surface area contributed by atoms with Gasteiger partial charge in [0.15, 0.2) is 0 Å². The maximum Gasteiger partial charge on any atom is 0.209 e. The summed E-state index contributed by atoms with van der Waals surface area (Å²) in [6.45, 7) is 3.90. The molecule has 1 fully saturated rings. The number of hydrogen-bond acceptors (Lipinski definition) is 3. The van der Waals surface area contributed by atoms with E-state index < -0.39 is 0 Å². The van der Waals surface area contributed by atoms with E-state index in [1.807, 2.05) is 0 Å². The van der Waals surface area contributed by atoms with Crippen molar-refractivity contribution in [1.82, 2.24) is 15.1 Å². The number of hydrogen-bond donors (Lipinski definition) is 1. The summed E-state index contributed by atoms with van der Waals surface area (Å²) >= 11 is 0. The van der Waals surface area contributed by atoms with Gasteiger partial charge in [-0.3, -0.25) is 0 Å². The van der Waals surface area contributed by atoms with Crippen molar-refractivity contribution in [3.63, 3.8) is 0 Å². The quantitative estimate of drug-likeness (QED) is 0.305. The summed E-state index contributed by atoms with van der Waals surface area (Å²) in [5.41, 5.74) is 0. The van der Waals surface area contributed by atoms with Crippen LogP contribution in [-0.2, 0) is 0 Å². The van der Waals surface area contributed by atoms with Gasteiger partial charge in [-0.2, -0.15) is 5.26 Å². The van der Waals surface area contributed by atoms with Crippen LogP contribution in [0.15, 0.2) is 4.99 Å². The van der Waals surface area contributed by atoms with Gasteiger partial charge in [-0.15, -0.1) is 4.99 Å². The molecule has 0 amide bonds. The number of nitrogens with zero attached hydrogens (tertiary/aromatic N) is 4. The molecule has 1 heterocycles. The highest BCUT2D eigenvalue weighted by molar-refractivity contribution is 5.80. The SMILES string of the molecule is CN/C(=N\C#N)N1CCN(C)CC1. The van der Waals surface area contributed by atoms with Gasteiger partial charge in [0.05, 0.1) is 0 Å². The van der Waals surface area contributed by atoms with Gasteiger partial charge in [-0.1, -0.05) is 0 Å². The molecule has 0 unspecified atom stereocenters. The van der Waals surface area contributed by atoms with E-state index in [9.17, 15) is 0 Å². The Labute approximate surface area is 78.6 Å². The number of aliphatic imine (C=N–C) groups is 1. The molecule has 0 aliphatic carbocycles. The highest BCUT2D eigenvalue weighted by Crippen LogP contribution is 1.98. The molecule has 0 aromatic carbocycles. The Hall–Kier alpha value is -1.28. The average Bonchev–Trinajstić information content (AvgIpc) is 2.16. The van der Waals surface area contributed by atoms with Crippen LogP contribution in [0.2, 0.25) is 0 Å². The number of rotatable bonds is 0. The van der Waals surface area contributed by atoms with E-state index in [0.717, 1.165) is 26.2 Å². The maximum absolute atomic E-state index is 8.44. The molecule has 5 heteroatoms. The third-order valence-corrected chi connectivity index (χ3v) is 2.18. The highest BCUT2D eigenvalue weighted by atomic mass is 15.3. The van der Waals surface area contributed by atoms with Crippen molar-refractivity contribution in [1.29, 1.82) is 5.26 Å². The third kappa shape index (κ3) is 2.60. The molecule has 1 N–H and O–H groups in total. The van der Waals surface area contributed by atoms with Gasteiger partial charge in [0.25, 0.3) is 0 Å². The zero-order chi connectivity index (χ0) is 9.68. The van der Waals surface area contributed by atoms with Crippen molar-refractivity contribution in [2.24, 2.45) is 4.99 Å². The van der Waals surface area contributed by atoms with E-state index in [1.54, 1.807) is 13.2 Å². The highest BCUT2D eigenvalue weighted by Gasteiger charge is 2.16. The predicted octanol–water partition coefficient (Wildman–Crippen LogP) is -0.710. The lowest BCUT2D eigenvalue weighted by Crippen LogP contribution is -2.50. The molecule has 13 heavy (non-hydrogen) atoms. The van der Waals surface area contributed by atoms with E-state index in [1.165, 1.54) is 0 Å². The topological polar surface area (TPSA) is 54.7 Å². The van der Waals surface area contributed by atoms with Crippen LogP contribution < -0.4 is 5.32 Å². The van der Waals surface area contributed by atoms with E-state index in [4.69, 9.17) is 5.26 Å². The molecule has 72 valence electrons. The van der Waals surface area contributed by atoms with Crippen LogP contribution in [-0.4, -0.2) is 56.0 Å². The van der Waals surface area contributed by atoms with Crippen LogP contribution in [0.4, 0.5) is 0 Å². The third-order valence-electron chi connectivity index (χ3n) is 2.18. The van der Waals surface area contributed by atoms with E-state index in [-0.39, 0.29) is 0 Å². The number of nitrogens with one attached hydrogen (secondary N) is 1. The van der Waals surface area contributed by atoms with Crippen LogP contribution in [0.1, 0.15) is 0 Å². The molecule has 1 aliphatic heterocycles. The largest absolute Gasteiger partial charge is 0.358 e. The van der Waals surface area contributed by atoms with Gasteiger partial charge in [0.1, 0.15) is 0 Å². The summed E-state index contributed by atoms with van der Waals surface area (Å²) in [5, 5.41) is 11.4. The van der Waals surface area contributed by atoms with Gasteiger partial charge in [0, 0.05) is 33.2 Å². The number of nitriles is 1. The second-order valence-corrected chi connectivity index (χ2v) is 3.08. The lowest BCUT2D eigenvalue weighted by molar-refractivity contribution is 0.212. The smallest absolute Gasteiger partial charge is 0.209 e. The first-order chi connectivity index (χ1) is 6.27. The van der Waals surface area contributed by atoms with Crippen molar-refractivity contribution in [3.8, 4) is 6.19 Å². The standard InChI is InChI=1S/C8H15N5/c1-10-8(11-7-9)13-5-3-12(2)4-6-13/h3-6H2,1-2H3,(H,10,11). The minimum absolute atomic E-state index is 0.676. The summed E-state index contributed by atoms with van der Waals surface area (Å²) in [6, 6.07) is 0. The predicted molar refractivity (Wildman–Crippen MR) is 51.2 cm³/mol. The van der Waals surface area contributed by atoms with E-state index in [0.29, 0.717) is 5.96 Å². The van der Waals surface area contributed by atoms with Crippen molar-refractivity contribution in [2.45, 2.75) is 0 Å². The van der Waals surface area contributed by atoms with E-state index in [2.05, 4.69) is 27.2 Å². The zero-order valence-electron chi connectivity index (χ0n) is 8.12. The van der Waals surface area contributed by atoms with Crippen molar-refractivity contribution in [3.05, 3.63) is 0 Å². The summed E-state index contributed by atoms with van der Waals surface area (Å²) in [7, 11) is 3.88. The average molecular weight is 181 g/mol. The number of piperazine rings is 1. The molecule has 0 bridgehead atoms. The van der Waals surface area contributed by atoms with E-state index >= 15 is 0 Å². The molecule has 1 rings (SSSR count). The molecule has 0 aromatic rings. The zero-order valence-corrected chi connectivity index (χ0v) is 8.12. The Morgan fingerprint density at radius 2 is 2.00 bits per heavy atom. The number of guanidine groups is 1. The van der Waals surface area contributed by atoms with Crippen LogP contribution >= 0.6 is 0 Å². The minimum Gasteiger partial charge on any atom is -0.358 e. The molecule has 1 aliphatic rings. The number of likely N-dealkylation sites (N-methyl/N-ethyl adjacent to an activating group) is 1. The Kier molecular flexibility index (Phi) is 3.53. The normalized spacial score (nSPS) is 19.8. The Balaban J connectivity index is 2.52. The molecule has 0 atom stereocenters.